The van der Waals surface area contributed by atoms with Gasteiger partial charge in [-0.15, -0.1) is 0 Å². The van der Waals surface area contributed by atoms with Crippen LogP contribution in [0.4, 0.5) is 0 Å². The summed E-state index contributed by atoms with van der Waals surface area (Å²) in [6.45, 7) is 1.28. The van der Waals surface area contributed by atoms with Gasteiger partial charge in [0.15, 0.2) is 0 Å². The summed E-state index contributed by atoms with van der Waals surface area (Å²) < 4.78 is 5.53. The molecule has 0 aliphatic rings. The number of halogens is 1. The molecule has 18 heavy (non-hydrogen) atoms. The van der Waals surface area contributed by atoms with Crippen LogP contribution >= 0.6 is 11.6 Å². The van der Waals surface area contributed by atoms with Crippen LogP contribution in [-0.4, -0.2) is 17.8 Å². The third-order valence-corrected chi connectivity index (χ3v) is 2.56. The van der Waals surface area contributed by atoms with Crippen LogP contribution in [0.3, 0.4) is 0 Å². The molecule has 2 nitrogen and oxygen atoms in total. The van der Waals surface area contributed by atoms with Gasteiger partial charge in [0.2, 0.25) is 0 Å². The number of hydrogen-bond acceptors (Lipinski definition) is 2. The predicted octanol–water partition coefficient (Wildman–Crippen LogP) is 3.65. The van der Waals surface area contributed by atoms with Crippen LogP contribution in [0.1, 0.15) is 18.4 Å². The van der Waals surface area contributed by atoms with E-state index in [4.69, 9.17) is 16.3 Å². The molecule has 0 amide bonds. The number of rotatable bonds is 8. The Labute approximate surface area is 114 Å². The highest BCUT2D eigenvalue weighted by Gasteiger charge is 1.98. The van der Waals surface area contributed by atoms with Gasteiger partial charge in [0, 0.05) is 12.1 Å². The van der Waals surface area contributed by atoms with Crippen LogP contribution in [0.25, 0.3) is 0 Å². The van der Waals surface area contributed by atoms with E-state index in [0.29, 0.717) is 19.6 Å². The molecule has 3 heteroatoms. The molecule has 1 aromatic rings. The van der Waals surface area contributed by atoms with E-state index in [1.807, 2.05) is 30.3 Å². The van der Waals surface area contributed by atoms with Gasteiger partial charge in [0.25, 0.3) is 0 Å². The Balaban J connectivity index is 2.05. The lowest BCUT2D eigenvalue weighted by molar-refractivity contribution is 0.106. The van der Waals surface area contributed by atoms with E-state index in [2.05, 4.69) is 0 Å². The summed E-state index contributed by atoms with van der Waals surface area (Å²) in [5.41, 5.74) is 2.58. The van der Waals surface area contributed by atoms with Crippen molar-refractivity contribution in [2.24, 2.45) is 0 Å². The highest BCUT2D eigenvalue weighted by atomic mass is 35.5. The van der Waals surface area contributed by atoms with Crippen molar-refractivity contribution in [3.63, 3.8) is 0 Å². The Kier molecular flexibility index (Phi) is 8.23. The molecule has 98 valence electrons. The van der Waals surface area contributed by atoms with Crippen LogP contribution in [-0.2, 0) is 11.3 Å². The topological polar surface area (TPSA) is 29.5 Å². The summed E-state index contributed by atoms with van der Waals surface area (Å²) in [6.07, 6.45) is 6.23. The van der Waals surface area contributed by atoms with Gasteiger partial charge in [-0.25, -0.2) is 0 Å². The van der Waals surface area contributed by atoms with E-state index < -0.39 is 6.10 Å². The van der Waals surface area contributed by atoms with E-state index in [1.54, 1.807) is 18.2 Å². The average molecular weight is 267 g/mol. The molecular weight excluding hydrogens is 248 g/mol. The molecule has 0 unspecified atom stereocenters. The van der Waals surface area contributed by atoms with Crippen molar-refractivity contribution in [3.8, 4) is 0 Å². The number of aliphatic hydroxyl groups is 1. The van der Waals surface area contributed by atoms with Crippen LogP contribution < -0.4 is 0 Å². The van der Waals surface area contributed by atoms with Crippen molar-refractivity contribution in [1.82, 2.24) is 0 Å². The molecule has 0 aromatic heterocycles. The first-order chi connectivity index (χ1) is 8.83. The monoisotopic (exact) mass is 266 g/mol. The molecule has 1 atom stereocenters. The summed E-state index contributed by atoms with van der Waals surface area (Å²) >= 11 is 5.36. The SMILES string of the molecule is O[C@H](/C=C/C=C/Cl)CCCOCc1ccccc1. The summed E-state index contributed by atoms with van der Waals surface area (Å²) in [6, 6.07) is 10.1. The summed E-state index contributed by atoms with van der Waals surface area (Å²) in [5.74, 6) is 0. The third-order valence-electron chi connectivity index (χ3n) is 2.42. The smallest absolute Gasteiger partial charge is 0.0724 e. The third kappa shape index (κ3) is 7.28. The largest absolute Gasteiger partial charge is 0.389 e. The summed E-state index contributed by atoms with van der Waals surface area (Å²) in [5, 5.41) is 9.57. The first kappa shape index (κ1) is 15.0. The van der Waals surface area contributed by atoms with Crippen LogP contribution in [0, 0.1) is 0 Å². The maximum atomic E-state index is 9.57. The fourth-order valence-electron chi connectivity index (χ4n) is 1.49. The van der Waals surface area contributed by atoms with Crippen LogP contribution in [0.2, 0.25) is 0 Å². The lowest BCUT2D eigenvalue weighted by Gasteiger charge is -2.06. The average Bonchev–Trinajstić information content (AvgIpc) is 2.40. The van der Waals surface area contributed by atoms with Gasteiger partial charge in [-0.05, 0) is 18.4 Å². The van der Waals surface area contributed by atoms with Crippen molar-refractivity contribution in [1.29, 1.82) is 0 Å². The van der Waals surface area contributed by atoms with Gasteiger partial charge in [-0.3, -0.25) is 0 Å². The Morgan fingerprint density at radius 2 is 2.00 bits per heavy atom. The minimum Gasteiger partial charge on any atom is -0.389 e. The second kappa shape index (κ2) is 9.89. The summed E-state index contributed by atoms with van der Waals surface area (Å²) in [7, 11) is 0. The van der Waals surface area contributed by atoms with Crippen molar-refractivity contribution in [2.45, 2.75) is 25.6 Å². The van der Waals surface area contributed by atoms with E-state index in [0.717, 1.165) is 6.42 Å². The van der Waals surface area contributed by atoms with Gasteiger partial charge < -0.3 is 9.84 Å². The molecule has 0 spiro atoms. The molecule has 0 saturated carbocycles. The fraction of sp³-hybridized carbons (Fsp3) is 0.333. The Hall–Kier alpha value is -1.09. The Morgan fingerprint density at radius 1 is 1.22 bits per heavy atom. The Bertz CT molecular complexity index is 360. The highest BCUT2D eigenvalue weighted by Crippen LogP contribution is 2.03. The fourth-order valence-corrected chi connectivity index (χ4v) is 1.57. The molecule has 0 aliphatic carbocycles. The number of benzene rings is 1. The lowest BCUT2D eigenvalue weighted by atomic mass is 10.2. The normalized spacial score (nSPS) is 13.4. The van der Waals surface area contributed by atoms with E-state index in [1.165, 1.54) is 11.1 Å². The molecule has 1 aromatic carbocycles. The zero-order valence-corrected chi connectivity index (χ0v) is 11.1. The first-order valence-electron chi connectivity index (χ1n) is 6.06. The van der Waals surface area contributed by atoms with Gasteiger partial charge in [0.1, 0.15) is 0 Å². The highest BCUT2D eigenvalue weighted by molar-refractivity contribution is 6.25. The second-order valence-electron chi connectivity index (χ2n) is 3.95. The maximum Gasteiger partial charge on any atom is 0.0724 e. The minimum absolute atomic E-state index is 0.432. The van der Waals surface area contributed by atoms with Gasteiger partial charge in [-0.1, -0.05) is 60.2 Å². The lowest BCUT2D eigenvalue weighted by Crippen LogP contribution is -2.04. The molecule has 1 N–H and O–H groups in total. The molecule has 0 bridgehead atoms. The zero-order valence-electron chi connectivity index (χ0n) is 10.3. The molecule has 0 radical (unpaired) electrons. The zero-order chi connectivity index (χ0) is 13.1. The second-order valence-corrected chi connectivity index (χ2v) is 4.20. The first-order valence-corrected chi connectivity index (χ1v) is 6.50. The number of hydrogen-bond donors (Lipinski definition) is 1. The molecule has 0 saturated heterocycles. The summed E-state index contributed by atoms with van der Waals surface area (Å²) in [4.78, 5) is 0. The van der Waals surface area contributed by atoms with Crippen molar-refractivity contribution in [2.75, 3.05) is 6.61 Å². The molecule has 1 rings (SSSR count). The standard InChI is InChI=1S/C15H19ClO2/c16-11-5-4-9-15(17)10-6-12-18-13-14-7-2-1-3-8-14/h1-5,7-9,11,15,17H,6,10,12-13H2/b9-4+,11-5+/t15-/m1/s1. The van der Waals surface area contributed by atoms with Crippen LogP contribution in [0.15, 0.2) is 54.1 Å². The Morgan fingerprint density at radius 3 is 2.72 bits per heavy atom. The van der Waals surface area contributed by atoms with Gasteiger partial charge >= 0.3 is 0 Å². The van der Waals surface area contributed by atoms with Gasteiger partial charge in [0.05, 0.1) is 12.7 Å². The number of ether oxygens (including phenoxy) is 1. The quantitative estimate of drug-likeness (QED) is 0.575. The van der Waals surface area contributed by atoms with Gasteiger partial charge in [-0.2, -0.15) is 0 Å². The van der Waals surface area contributed by atoms with E-state index >= 15 is 0 Å². The van der Waals surface area contributed by atoms with Crippen molar-refractivity contribution >= 4 is 11.6 Å². The predicted molar refractivity (Wildman–Crippen MR) is 75.5 cm³/mol. The molecule has 0 heterocycles. The van der Waals surface area contributed by atoms with E-state index in [-0.39, 0.29) is 0 Å². The number of allylic oxidation sites excluding steroid dienone is 2. The maximum absolute atomic E-state index is 9.57. The van der Waals surface area contributed by atoms with Crippen molar-refractivity contribution < 1.29 is 9.84 Å². The van der Waals surface area contributed by atoms with Crippen molar-refractivity contribution in [3.05, 3.63) is 59.7 Å². The number of aliphatic hydroxyl groups excluding tert-OH is 1. The minimum atomic E-state index is -0.432. The molecule has 0 aliphatic heterocycles. The van der Waals surface area contributed by atoms with E-state index in [9.17, 15) is 5.11 Å². The van der Waals surface area contributed by atoms with Crippen LogP contribution in [0.5, 0.6) is 0 Å². The molecular formula is C15H19ClO2. The molecule has 0 fully saturated rings.